The topological polar surface area (TPSA) is 73.1 Å². The summed E-state index contributed by atoms with van der Waals surface area (Å²) in [6.45, 7) is 1.25. The molecule has 0 spiro atoms. The maximum atomic E-state index is 13.2. The second-order valence-corrected chi connectivity index (χ2v) is 11.0. The minimum atomic E-state index is -6.31. The second-order valence-electron chi connectivity index (χ2n) is 9.82. The molecule has 15 heteroatoms. The Morgan fingerprint density at radius 1 is 0.854 bits per heavy atom. The van der Waals surface area contributed by atoms with Gasteiger partial charge in [0.1, 0.15) is 5.60 Å². The predicted octanol–water partition coefficient (Wildman–Crippen LogP) is 8.73. The second kappa shape index (κ2) is 15.3. The van der Waals surface area contributed by atoms with Gasteiger partial charge < -0.3 is 10.4 Å². The van der Waals surface area contributed by atoms with Gasteiger partial charge in [0.25, 0.3) is 5.91 Å². The molecule has 1 unspecified atom stereocenters. The van der Waals surface area contributed by atoms with Crippen LogP contribution < -0.4 is 5.32 Å². The quantitative estimate of drug-likeness (QED) is 0.134. The highest BCUT2D eigenvalue weighted by Gasteiger charge is 2.72. The molecule has 0 aliphatic rings. The molecule has 0 radical (unpaired) electrons. The largest absolute Gasteiger partial charge is 0.459 e. The van der Waals surface area contributed by atoms with E-state index in [1.165, 1.54) is 13.0 Å². The average molecular weight is 627 g/mol. The molecule has 1 amide bonds. The average Bonchev–Trinajstić information content (AvgIpc) is 2.85. The Kier molecular flexibility index (Phi) is 13.8. The number of halogens is 10. The van der Waals surface area contributed by atoms with Crippen molar-refractivity contribution < 1.29 is 53.8 Å². The van der Waals surface area contributed by atoms with Gasteiger partial charge in [-0.15, -0.1) is 0 Å². The van der Waals surface area contributed by atoms with Crippen molar-refractivity contribution in [1.29, 1.82) is 5.26 Å². The zero-order valence-electron chi connectivity index (χ0n) is 22.2. The predicted molar refractivity (Wildman–Crippen MR) is 135 cm³/mol. The molecule has 1 aromatic rings. The molecule has 0 aliphatic carbocycles. The summed E-state index contributed by atoms with van der Waals surface area (Å²) >= 11 is 0.890. The van der Waals surface area contributed by atoms with Gasteiger partial charge in [0.2, 0.25) is 0 Å². The number of benzene rings is 1. The van der Waals surface area contributed by atoms with Gasteiger partial charge in [-0.1, -0.05) is 44.9 Å². The first-order valence-corrected chi connectivity index (χ1v) is 14.0. The maximum absolute atomic E-state index is 13.2. The van der Waals surface area contributed by atoms with E-state index in [4.69, 9.17) is 5.26 Å². The molecular formula is C26H32F10N2O2S. The Morgan fingerprint density at radius 2 is 1.39 bits per heavy atom. The molecule has 0 fully saturated rings. The summed E-state index contributed by atoms with van der Waals surface area (Å²) in [5.74, 6) is -12.3. The number of hydrogen-bond donors (Lipinski definition) is 2. The summed E-state index contributed by atoms with van der Waals surface area (Å²) < 4.78 is 128. The van der Waals surface area contributed by atoms with Crippen LogP contribution in [0, 0.1) is 11.3 Å². The van der Waals surface area contributed by atoms with E-state index in [0.29, 0.717) is 31.1 Å². The number of amides is 1. The smallest absolute Gasteiger partial charge is 0.380 e. The van der Waals surface area contributed by atoms with Crippen molar-refractivity contribution in [2.45, 2.75) is 101 Å². The number of alkyl halides is 10. The Bertz CT molecular complexity index is 1020. The normalized spacial score (nSPS) is 14.4. The third-order valence-corrected chi connectivity index (χ3v) is 7.34. The lowest BCUT2D eigenvalue weighted by Crippen LogP contribution is -2.52. The molecule has 1 atom stereocenters. The van der Waals surface area contributed by atoms with E-state index in [2.05, 4.69) is 5.32 Å². The molecule has 0 saturated heterocycles. The number of unbranched alkanes of at least 4 members (excludes halogenated alkanes) is 7. The third kappa shape index (κ3) is 11.5. The molecule has 41 heavy (non-hydrogen) atoms. The van der Waals surface area contributed by atoms with Gasteiger partial charge in [-0.2, -0.15) is 60.9 Å². The zero-order valence-corrected chi connectivity index (χ0v) is 23.0. The molecular weight excluding hydrogens is 594 g/mol. The van der Waals surface area contributed by atoms with Crippen LogP contribution in [-0.4, -0.2) is 46.1 Å². The highest BCUT2D eigenvalue weighted by molar-refractivity contribution is 7.99. The Morgan fingerprint density at radius 3 is 1.90 bits per heavy atom. The van der Waals surface area contributed by atoms with Gasteiger partial charge in [-0.3, -0.25) is 4.79 Å². The van der Waals surface area contributed by atoms with Gasteiger partial charge in [0.15, 0.2) is 0 Å². The fourth-order valence-corrected chi connectivity index (χ4v) is 4.75. The number of carbonyl (C=O) groups is 1. The molecule has 1 aromatic carbocycles. The van der Waals surface area contributed by atoms with Gasteiger partial charge >= 0.3 is 24.2 Å². The number of carbonyl (C=O) groups excluding carboxylic acids is 1. The van der Waals surface area contributed by atoms with E-state index in [9.17, 15) is 53.8 Å². The summed E-state index contributed by atoms with van der Waals surface area (Å²) in [6.07, 6.45) is -6.93. The van der Waals surface area contributed by atoms with Crippen molar-refractivity contribution in [3.05, 3.63) is 29.3 Å². The Hall–Kier alpha value is -2.21. The van der Waals surface area contributed by atoms with E-state index in [-0.39, 0.29) is 12.1 Å². The maximum Gasteiger partial charge on any atom is 0.459 e. The molecule has 0 saturated carbocycles. The Balaban J connectivity index is 2.21. The highest BCUT2D eigenvalue weighted by atomic mass is 32.2. The van der Waals surface area contributed by atoms with E-state index in [0.717, 1.165) is 56.0 Å². The van der Waals surface area contributed by atoms with Crippen LogP contribution in [0.25, 0.3) is 0 Å². The van der Waals surface area contributed by atoms with Crippen molar-refractivity contribution in [3.8, 4) is 6.07 Å². The fourth-order valence-electron chi connectivity index (χ4n) is 3.73. The molecule has 0 aliphatic heterocycles. The first-order valence-electron chi connectivity index (χ1n) is 12.8. The van der Waals surface area contributed by atoms with Crippen molar-refractivity contribution in [3.63, 3.8) is 0 Å². The van der Waals surface area contributed by atoms with Gasteiger partial charge in [0.05, 0.1) is 17.2 Å². The number of nitriles is 1. The van der Waals surface area contributed by atoms with Gasteiger partial charge in [0, 0.05) is 12.1 Å². The number of hydrogen-bond acceptors (Lipinski definition) is 4. The number of nitrogens with zero attached hydrogens (tertiary/aromatic N) is 1. The summed E-state index contributed by atoms with van der Waals surface area (Å²) in [5, 5.41) is 21.5. The minimum absolute atomic E-state index is 0.0619. The van der Waals surface area contributed by atoms with Crippen LogP contribution in [0.3, 0.4) is 0 Å². The number of anilines is 1. The van der Waals surface area contributed by atoms with Crippen LogP contribution in [0.5, 0.6) is 0 Å². The lowest BCUT2D eigenvalue weighted by atomic mass is 9.96. The van der Waals surface area contributed by atoms with Crippen molar-refractivity contribution >= 4 is 23.4 Å². The van der Waals surface area contributed by atoms with Crippen molar-refractivity contribution in [1.82, 2.24) is 0 Å². The molecule has 0 aromatic heterocycles. The summed E-state index contributed by atoms with van der Waals surface area (Å²) in [6, 6.07) is 4.13. The van der Waals surface area contributed by atoms with Crippen molar-refractivity contribution in [2.24, 2.45) is 0 Å². The van der Waals surface area contributed by atoms with E-state index >= 15 is 0 Å². The molecule has 0 heterocycles. The van der Waals surface area contributed by atoms with E-state index in [1.807, 2.05) is 0 Å². The van der Waals surface area contributed by atoms with E-state index in [1.54, 1.807) is 0 Å². The van der Waals surface area contributed by atoms with Crippen LogP contribution >= 0.6 is 11.8 Å². The van der Waals surface area contributed by atoms with Crippen LogP contribution in [0.1, 0.15) is 82.3 Å². The van der Waals surface area contributed by atoms with Crippen molar-refractivity contribution in [2.75, 3.05) is 16.8 Å². The summed E-state index contributed by atoms with van der Waals surface area (Å²) in [7, 11) is 0. The molecule has 4 nitrogen and oxygen atoms in total. The molecule has 0 bridgehead atoms. The van der Waals surface area contributed by atoms with Crippen LogP contribution in [-0.2, 0) is 11.0 Å². The number of rotatable bonds is 17. The van der Waals surface area contributed by atoms with Crippen LogP contribution in [0.15, 0.2) is 18.2 Å². The summed E-state index contributed by atoms with van der Waals surface area (Å²) in [5.41, 5.74) is -3.84. The number of nitrogens with one attached hydrogen (secondary N) is 1. The van der Waals surface area contributed by atoms with Crippen LogP contribution in [0.4, 0.5) is 49.6 Å². The minimum Gasteiger partial charge on any atom is -0.380 e. The lowest BCUT2D eigenvalue weighted by Gasteiger charge is -2.28. The summed E-state index contributed by atoms with van der Waals surface area (Å²) in [4.78, 5) is 12.4. The number of thioether (sulfide) groups is 1. The van der Waals surface area contributed by atoms with Crippen LogP contribution in [0.2, 0.25) is 0 Å². The van der Waals surface area contributed by atoms with E-state index < -0.39 is 59.0 Å². The molecule has 234 valence electrons. The fraction of sp³-hybridized carbons (Fsp3) is 0.692. The third-order valence-electron chi connectivity index (χ3n) is 6.27. The van der Waals surface area contributed by atoms with Gasteiger partial charge in [-0.05, 0) is 49.5 Å². The highest BCUT2D eigenvalue weighted by Crippen LogP contribution is 2.48. The lowest BCUT2D eigenvalue weighted by molar-refractivity contribution is -0.354. The SMILES string of the molecule is CC(O)(CCCCCCCCCCSCCC(F)(F)C(F)(F)C(F)(F)F)C(=O)Nc1ccc(C#N)c(C(F)(F)F)c1. The van der Waals surface area contributed by atoms with Gasteiger partial charge in [-0.25, -0.2) is 0 Å². The Labute approximate surface area is 235 Å². The first kappa shape index (κ1) is 36.8. The standard InChI is InChI=1S/C26H32F10N2O2S/c1-22(40,21(39)38-19-11-10-18(17-37)20(16-19)24(29,30)31)12-8-6-4-2-3-5-7-9-14-41-15-13-23(27,28)25(32,33)26(34,35)36/h10-11,16,40H,2-9,12-15H2,1H3,(H,38,39). The monoisotopic (exact) mass is 626 g/mol. The number of aliphatic hydroxyl groups is 1. The molecule has 1 rings (SSSR count). The first-order chi connectivity index (χ1) is 18.8. The zero-order chi connectivity index (χ0) is 31.5. The molecule has 2 N–H and O–H groups in total.